The first-order chi connectivity index (χ1) is 13.9. The molecule has 2 aromatic carbocycles. The second-order valence-electron chi connectivity index (χ2n) is 7.21. The van der Waals surface area contributed by atoms with Crippen LogP contribution in [0.5, 0.6) is 0 Å². The summed E-state index contributed by atoms with van der Waals surface area (Å²) in [4.78, 5) is 9.38. The van der Waals surface area contributed by atoms with Gasteiger partial charge >= 0.3 is 0 Å². The third-order valence-electron chi connectivity index (χ3n) is 5.48. The van der Waals surface area contributed by atoms with Gasteiger partial charge in [-0.15, -0.1) is 0 Å². The predicted octanol–water partition coefficient (Wildman–Crippen LogP) is 4.74. The SMILES string of the molecule is c1ccc(C(c2cc3ccccc3o2)N2CCN(c3ccccn3)CC2)cc1. The van der Waals surface area contributed by atoms with E-state index < -0.39 is 0 Å². The topological polar surface area (TPSA) is 32.5 Å². The van der Waals surface area contributed by atoms with Crippen LogP contribution in [0.15, 0.2) is 89.5 Å². The maximum Gasteiger partial charge on any atom is 0.134 e. The van der Waals surface area contributed by atoms with Gasteiger partial charge in [-0.3, -0.25) is 4.90 Å². The van der Waals surface area contributed by atoms with E-state index in [1.54, 1.807) is 0 Å². The minimum absolute atomic E-state index is 0.125. The molecular formula is C24H23N3O. The molecule has 0 N–H and O–H groups in total. The smallest absolute Gasteiger partial charge is 0.134 e. The van der Waals surface area contributed by atoms with Crippen molar-refractivity contribution < 1.29 is 4.42 Å². The lowest BCUT2D eigenvalue weighted by Crippen LogP contribution is -2.48. The summed E-state index contributed by atoms with van der Waals surface area (Å²) in [6, 6.07) is 27.3. The third-order valence-corrected chi connectivity index (χ3v) is 5.48. The molecule has 0 bridgehead atoms. The molecule has 1 aliphatic rings. The molecular weight excluding hydrogens is 346 g/mol. The van der Waals surface area contributed by atoms with E-state index in [1.165, 1.54) is 5.56 Å². The van der Waals surface area contributed by atoms with E-state index in [0.29, 0.717) is 0 Å². The van der Waals surface area contributed by atoms with E-state index in [1.807, 2.05) is 24.4 Å². The second kappa shape index (κ2) is 7.49. The molecule has 0 saturated carbocycles. The van der Waals surface area contributed by atoms with E-state index >= 15 is 0 Å². The fourth-order valence-electron chi connectivity index (χ4n) is 4.08. The summed E-state index contributed by atoms with van der Waals surface area (Å²) in [5.74, 6) is 2.07. The molecule has 1 saturated heterocycles. The fourth-order valence-corrected chi connectivity index (χ4v) is 4.08. The van der Waals surface area contributed by atoms with Gasteiger partial charge in [0.25, 0.3) is 0 Å². The number of rotatable bonds is 4. The van der Waals surface area contributed by atoms with Gasteiger partial charge in [-0.1, -0.05) is 54.6 Å². The fraction of sp³-hybridized carbons (Fsp3) is 0.208. The number of anilines is 1. The predicted molar refractivity (Wildman–Crippen MR) is 113 cm³/mol. The molecule has 4 aromatic rings. The number of hydrogen-bond donors (Lipinski definition) is 0. The number of para-hydroxylation sites is 1. The molecule has 0 aliphatic carbocycles. The van der Waals surface area contributed by atoms with Gasteiger partial charge in [0.05, 0.1) is 6.04 Å². The Morgan fingerprint density at radius 1 is 0.786 bits per heavy atom. The van der Waals surface area contributed by atoms with Crippen LogP contribution >= 0.6 is 0 Å². The summed E-state index contributed by atoms with van der Waals surface area (Å²) in [6.07, 6.45) is 1.86. The molecule has 140 valence electrons. The quantitative estimate of drug-likeness (QED) is 0.520. The summed E-state index contributed by atoms with van der Waals surface area (Å²) in [6.45, 7) is 3.85. The molecule has 4 nitrogen and oxygen atoms in total. The molecule has 2 aromatic heterocycles. The molecule has 4 heteroatoms. The van der Waals surface area contributed by atoms with Crippen molar-refractivity contribution >= 4 is 16.8 Å². The zero-order chi connectivity index (χ0) is 18.8. The zero-order valence-electron chi connectivity index (χ0n) is 15.7. The lowest BCUT2D eigenvalue weighted by atomic mass is 10.0. The van der Waals surface area contributed by atoms with Crippen LogP contribution in [-0.2, 0) is 0 Å². The van der Waals surface area contributed by atoms with Crippen LogP contribution in [0.4, 0.5) is 5.82 Å². The molecule has 0 spiro atoms. The molecule has 0 radical (unpaired) electrons. The first-order valence-electron chi connectivity index (χ1n) is 9.82. The van der Waals surface area contributed by atoms with Crippen LogP contribution < -0.4 is 4.90 Å². The van der Waals surface area contributed by atoms with Gasteiger partial charge in [-0.25, -0.2) is 4.98 Å². The summed E-state index contributed by atoms with van der Waals surface area (Å²) < 4.78 is 6.28. The van der Waals surface area contributed by atoms with E-state index in [2.05, 4.69) is 75.4 Å². The third kappa shape index (κ3) is 3.27. The van der Waals surface area contributed by atoms with Gasteiger partial charge in [0.1, 0.15) is 17.2 Å². The first kappa shape index (κ1) is 17.0. The number of pyridine rings is 1. The average Bonchev–Trinajstić information content (AvgIpc) is 3.19. The van der Waals surface area contributed by atoms with Gasteiger partial charge in [-0.05, 0) is 29.8 Å². The zero-order valence-corrected chi connectivity index (χ0v) is 15.7. The number of nitrogens with zero attached hydrogens (tertiary/aromatic N) is 3. The van der Waals surface area contributed by atoms with Gasteiger partial charge in [0.15, 0.2) is 0 Å². The van der Waals surface area contributed by atoms with Crippen molar-refractivity contribution in [2.24, 2.45) is 0 Å². The van der Waals surface area contributed by atoms with Gasteiger partial charge in [-0.2, -0.15) is 0 Å². The largest absolute Gasteiger partial charge is 0.459 e. The highest BCUT2D eigenvalue weighted by Crippen LogP contribution is 2.33. The minimum atomic E-state index is 0.125. The van der Waals surface area contributed by atoms with E-state index in [9.17, 15) is 0 Å². The van der Waals surface area contributed by atoms with Crippen LogP contribution in [0, 0.1) is 0 Å². The lowest BCUT2D eigenvalue weighted by Gasteiger charge is -2.39. The number of aromatic nitrogens is 1. The Balaban J connectivity index is 1.44. The van der Waals surface area contributed by atoms with E-state index in [0.717, 1.165) is 48.7 Å². The van der Waals surface area contributed by atoms with Gasteiger partial charge in [0.2, 0.25) is 0 Å². The van der Waals surface area contributed by atoms with Crippen molar-refractivity contribution in [3.63, 3.8) is 0 Å². The molecule has 3 heterocycles. The van der Waals surface area contributed by atoms with Crippen molar-refractivity contribution in [3.8, 4) is 0 Å². The maximum atomic E-state index is 6.28. The number of hydrogen-bond acceptors (Lipinski definition) is 4. The van der Waals surface area contributed by atoms with E-state index in [-0.39, 0.29) is 6.04 Å². The standard InChI is InChI=1S/C24H23N3O/c1-2-8-19(9-3-1)24(22-18-20-10-4-5-11-21(20)28-22)27-16-14-26(15-17-27)23-12-6-7-13-25-23/h1-13,18,24H,14-17H2. The molecule has 5 rings (SSSR count). The molecule has 28 heavy (non-hydrogen) atoms. The highest BCUT2D eigenvalue weighted by Gasteiger charge is 2.29. The summed E-state index contributed by atoms with van der Waals surface area (Å²) in [5.41, 5.74) is 2.22. The normalized spacial score (nSPS) is 16.4. The first-order valence-corrected chi connectivity index (χ1v) is 9.82. The Labute approximate surface area is 165 Å². The molecule has 1 atom stereocenters. The summed E-state index contributed by atoms with van der Waals surface area (Å²) in [7, 11) is 0. The Morgan fingerprint density at radius 3 is 2.29 bits per heavy atom. The second-order valence-corrected chi connectivity index (χ2v) is 7.21. The van der Waals surface area contributed by atoms with Gasteiger partial charge in [0, 0.05) is 37.8 Å². The molecule has 0 amide bonds. The minimum Gasteiger partial charge on any atom is -0.459 e. The summed E-state index contributed by atoms with van der Waals surface area (Å²) in [5, 5.41) is 1.16. The van der Waals surface area contributed by atoms with Crippen LogP contribution in [0.1, 0.15) is 17.4 Å². The van der Waals surface area contributed by atoms with Crippen LogP contribution in [0.2, 0.25) is 0 Å². The molecule has 1 unspecified atom stereocenters. The van der Waals surface area contributed by atoms with Crippen molar-refractivity contribution in [2.45, 2.75) is 6.04 Å². The number of piperazine rings is 1. The van der Waals surface area contributed by atoms with Crippen molar-refractivity contribution in [1.29, 1.82) is 0 Å². The van der Waals surface area contributed by atoms with Crippen LogP contribution in [0.3, 0.4) is 0 Å². The Kier molecular flexibility index (Phi) is 4.55. The van der Waals surface area contributed by atoms with Crippen LogP contribution in [-0.4, -0.2) is 36.1 Å². The van der Waals surface area contributed by atoms with Crippen molar-refractivity contribution in [1.82, 2.24) is 9.88 Å². The Hall–Kier alpha value is -3.11. The van der Waals surface area contributed by atoms with Crippen molar-refractivity contribution in [3.05, 3.63) is 96.4 Å². The average molecular weight is 369 g/mol. The maximum absolute atomic E-state index is 6.28. The number of fused-ring (bicyclic) bond motifs is 1. The Bertz CT molecular complexity index is 1000. The molecule has 1 aliphatic heterocycles. The Morgan fingerprint density at radius 2 is 1.54 bits per heavy atom. The lowest BCUT2D eigenvalue weighted by molar-refractivity contribution is 0.193. The van der Waals surface area contributed by atoms with Crippen LogP contribution in [0.25, 0.3) is 11.0 Å². The van der Waals surface area contributed by atoms with Gasteiger partial charge < -0.3 is 9.32 Å². The monoisotopic (exact) mass is 369 g/mol. The van der Waals surface area contributed by atoms with E-state index in [4.69, 9.17) is 4.42 Å². The van der Waals surface area contributed by atoms with Crippen molar-refractivity contribution in [2.75, 3.05) is 31.1 Å². The number of benzene rings is 2. The number of furan rings is 1. The highest BCUT2D eigenvalue weighted by atomic mass is 16.3. The summed E-state index contributed by atoms with van der Waals surface area (Å²) >= 11 is 0. The molecule has 1 fully saturated rings. The highest BCUT2D eigenvalue weighted by molar-refractivity contribution is 5.78.